The van der Waals surface area contributed by atoms with Crippen LogP contribution in [-0.2, 0) is 0 Å². The second-order valence-electron chi connectivity index (χ2n) is 6.40. The van der Waals surface area contributed by atoms with Gasteiger partial charge in [-0.15, -0.1) is 21.5 Å². The average molecular weight is 332 g/mol. The fraction of sp³-hybridized carbons (Fsp3) is 0.562. The highest BCUT2D eigenvalue weighted by atomic mass is 32.1. The molecule has 0 saturated carbocycles. The summed E-state index contributed by atoms with van der Waals surface area (Å²) in [6, 6.07) is 4.37. The number of nitrogens with zero attached hydrogens (tertiary/aromatic N) is 3. The third-order valence-corrected chi connectivity index (χ3v) is 6.11. The third kappa shape index (κ3) is 2.68. The van der Waals surface area contributed by atoms with E-state index in [1.807, 2.05) is 12.1 Å². The zero-order chi connectivity index (χ0) is 16.0. The van der Waals surface area contributed by atoms with E-state index in [0.717, 1.165) is 18.0 Å². The Hall–Kier alpha value is -1.73. The summed E-state index contributed by atoms with van der Waals surface area (Å²) >= 11 is 1.40. The smallest absolute Gasteiger partial charge is 0.261 e. The van der Waals surface area contributed by atoms with Gasteiger partial charge in [0, 0.05) is 19.0 Å². The van der Waals surface area contributed by atoms with Crippen molar-refractivity contribution in [3.63, 3.8) is 0 Å². The second kappa shape index (κ2) is 5.72. The van der Waals surface area contributed by atoms with Crippen molar-refractivity contribution in [2.24, 2.45) is 5.92 Å². The zero-order valence-electron chi connectivity index (χ0n) is 13.3. The van der Waals surface area contributed by atoms with Gasteiger partial charge in [-0.2, -0.15) is 0 Å². The summed E-state index contributed by atoms with van der Waals surface area (Å²) in [5, 5.41) is 11.1. The Morgan fingerprint density at radius 3 is 2.78 bits per heavy atom. The molecule has 0 radical (unpaired) electrons. The molecule has 2 unspecified atom stereocenters. The number of thiophene rings is 1. The Kier molecular flexibility index (Phi) is 3.69. The van der Waals surface area contributed by atoms with Crippen LogP contribution in [0.15, 0.2) is 16.5 Å². The number of carbonyl (C=O) groups is 1. The fourth-order valence-electron chi connectivity index (χ4n) is 3.74. The molecule has 0 aromatic carbocycles. The number of aryl methyl sites for hydroxylation is 1. The van der Waals surface area contributed by atoms with Crippen LogP contribution in [0.5, 0.6) is 0 Å². The number of piperidine rings is 3. The molecule has 2 bridgehead atoms. The molecular weight excluding hydrogens is 312 g/mol. The molecule has 122 valence electrons. The highest BCUT2D eigenvalue weighted by Gasteiger charge is 2.40. The molecule has 0 spiro atoms. The standard InChI is InChI=1S/C16H20N4O2S/c1-9-14(11-5-7-20(9)8-6-11)17-15(21)12-3-4-13(23-12)16-19-18-10(2)22-16/h3-4,9,11,14H,5-8H2,1-2H3,(H,17,21). The first-order valence-corrected chi connectivity index (χ1v) is 8.88. The molecular formula is C16H20N4O2S. The maximum absolute atomic E-state index is 12.6. The summed E-state index contributed by atoms with van der Waals surface area (Å²) in [5.41, 5.74) is 0. The SMILES string of the molecule is Cc1nnc(-c2ccc(C(=O)NC3C4CCN(CC4)C3C)s2)o1. The molecule has 1 N–H and O–H groups in total. The van der Waals surface area contributed by atoms with Crippen LogP contribution in [-0.4, -0.2) is 46.2 Å². The molecule has 2 atom stereocenters. The number of amides is 1. The maximum atomic E-state index is 12.6. The Morgan fingerprint density at radius 1 is 1.35 bits per heavy atom. The van der Waals surface area contributed by atoms with E-state index < -0.39 is 0 Å². The number of nitrogens with one attached hydrogen (secondary N) is 1. The molecule has 5 heterocycles. The van der Waals surface area contributed by atoms with E-state index in [-0.39, 0.29) is 11.9 Å². The average Bonchev–Trinajstić information content (AvgIpc) is 3.20. The van der Waals surface area contributed by atoms with Crippen molar-refractivity contribution in [3.05, 3.63) is 22.9 Å². The van der Waals surface area contributed by atoms with Crippen LogP contribution in [0.2, 0.25) is 0 Å². The number of aromatic nitrogens is 2. The molecule has 3 aliphatic rings. The van der Waals surface area contributed by atoms with E-state index in [4.69, 9.17) is 4.42 Å². The Labute approximate surface area is 138 Å². The van der Waals surface area contributed by atoms with E-state index in [1.165, 1.54) is 24.2 Å². The van der Waals surface area contributed by atoms with Crippen molar-refractivity contribution in [2.75, 3.05) is 13.1 Å². The Morgan fingerprint density at radius 2 is 2.13 bits per heavy atom. The van der Waals surface area contributed by atoms with Crippen molar-refractivity contribution in [1.82, 2.24) is 20.4 Å². The molecule has 3 saturated heterocycles. The number of hydrogen-bond donors (Lipinski definition) is 1. The van der Waals surface area contributed by atoms with Gasteiger partial charge in [0.15, 0.2) is 0 Å². The van der Waals surface area contributed by atoms with Crippen LogP contribution in [0.1, 0.15) is 35.3 Å². The number of fused-ring (bicyclic) bond motifs is 3. The van der Waals surface area contributed by atoms with E-state index in [2.05, 4.69) is 27.3 Å². The van der Waals surface area contributed by atoms with Gasteiger partial charge in [-0.3, -0.25) is 9.69 Å². The Bertz CT molecular complexity index is 715. The third-order valence-electron chi connectivity index (χ3n) is 5.04. The lowest BCUT2D eigenvalue weighted by Crippen LogP contribution is -2.62. The largest absolute Gasteiger partial charge is 0.420 e. The molecule has 0 aliphatic carbocycles. The summed E-state index contributed by atoms with van der Waals surface area (Å²) in [4.78, 5) is 16.6. The molecule has 7 heteroatoms. The lowest BCUT2D eigenvalue weighted by atomic mass is 9.79. The van der Waals surface area contributed by atoms with Crippen molar-refractivity contribution < 1.29 is 9.21 Å². The first kappa shape index (κ1) is 14.8. The molecule has 2 aromatic heterocycles. The van der Waals surface area contributed by atoms with E-state index in [9.17, 15) is 4.79 Å². The monoisotopic (exact) mass is 332 g/mol. The lowest BCUT2D eigenvalue weighted by Gasteiger charge is -2.49. The van der Waals surface area contributed by atoms with Crippen LogP contribution in [0.25, 0.3) is 10.8 Å². The molecule has 23 heavy (non-hydrogen) atoms. The summed E-state index contributed by atoms with van der Waals surface area (Å²) < 4.78 is 5.42. The minimum atomic E-state index is 0.00286. The first-order chi connectivity index (χ1) is 11.1. The van der Waals surface area contributed by atoms with Gasteiger partial charge >= 0.3 is 0 Å². The maximum Gasteiger partial charge on any atom is 0.261 e. The summed E-state index contributed by atoms with van der Waals surface area (Å²) in [5.74, 6) is 1.61. The van der Waals surface area contributed by atoms with Gasteiger partial charge in [0.2, 0.25) is 5.89 Å². The lowest BCUT2D eigenvalue weighted by molar-refractivity contribution is 0.0218. The fourth-order valence-corrected chi connectivity index (χ4v) is 4.57. The van der Waals surface area contributed by atoms with Crippen LogP contribution < -0.4 is 5.32 Å². The second-order valence-corrected chi connectivity index (χ2v) is 7.49. The van der Waals surface area contributed by atoms with Crippen molar-refractivity contribution in [3.8, 4) is 10.8 Å². The number of carbonyl (C=O) groups excluding carboxylic acids is 1. The molecule has 1 amide bonds. The van der Waals surface area contributed by atoms with E-state index in [0.29, 0.717) is 28.6 Å². The van der Waals surface area contributed by atoms with Gasteiger partial charge < -0.3 is 9.73 Å². The summed E-state index contributed by atoms with van der Waals surface area (Å²) in [7, 11) is 0. The minimum Gasteiger partial charge on any atom is -0.420 e. The quantitative estimate of drug-likeness (QED) is 0.934. The zero-order valence-corrected chi connectivity index (χ0v) is 14.1. The van der Waals surface area contributed by atoms with Gasteiger partial charge in [0.25, 0.3) is 11.8 Å². The van der Waals surface area contributed by atoms with Gasteiger partial charge in [0.05, 0.1) is 9.75 Å². The van der Waals surface area contributed by atoms with Gasteiger partial charge in [-0.25, -0.2) is 0 Å². The van der Waals surface area contributed by atoms with Crippen LogP contribution in [0, 0.1) is 12.8 Å². The molecule has 5 rings (SSSR count). The number of hydrogen-bond acceptors (Lipinski definition) is 6. The summed E-state index contributed by atoms with van der Waals surface area (Å²) in [6.45, 7) is 6.31. The van der Waals surface area contributed by atoms with Crippen LogP contribution in [0.3, 0.4) is 0 Å². The van der Waals surface area contributed by atoms with Gasteiger partial charge in [-0.05, 0) is 50.9 Å². The Balaban J connectivity index is 1.48. The summed E-state index contributed by atoms with van der Waals surface area (Å²) in [6.07, 6.45) is 2.37. The van der Waals surface area contributed by atoms with E-state index in [1.54, 1.807) is 6.92 Å². The van der Waals surface area contributed by atoms with E-state index >= 15 is 0 Å². The van der Waals surface area contributed by atoms with Crippen LogP contribution >= 0.6 is 11.3 Å². The first-order valence-electron chi connectivity index (χ1n) is 8.07. The van der Waals surface area contributed by atoms with Crippen LogP contribution in [0.4, 0.5) is 0 Å². The van der Waals surface area contributed by atoms with Crippen molar-refractivity contribution in [1.29, 1.82) is 0 Å². The predicted molar refractivity (Wildman–Crippen MR) is 87.4 cm³/mol. The number of rotatable bonds is 3. The van der Waals surface area contributed by atoms with Crippen molar-refractivity contribution >= 4 is 17.2 Å². The predicted octanol–water partition coefficient (Wildman–Crippen LogP) is 2.32. The van der Waals surface area contributed by atoms with Gasteiger partial charge in [-0.1, -0.05) is 0 Å². The molecule has 3 aliphatic heterocycles. The highest BCUT2D eigenvalue weighted by molar-refractivity contribution is 7.17. The minimum absolute atomic E-state index is 0.00286. The topological polar surface area (TPSA) is 71.3 Å². The molecule has 2 aromatic rings. The highest BCUT2D eigenvalue weighted by Crippen LogP contribution is 2.33. The van der Waals surface area contributed by atoms with Crippen molar-refractivity contribution in [2.45, 2.75) is 38.8 Å². The normalized spacial score (nSPS) is 29.7. The molecule has 6 nitrogen and oxygen atoms in total. The van der Waals surface area contributed by atoms with Gasteiger partial charge in [0.1, 0.15) is 0 Å². The molecule has 3 fully saturated rings.